The van der Waals surface area contributed by atoms with Gasteiger partial charge in [0.2, 0.25) is 0 Å². The molecule has 0 bridgehead atoms. The van der Waals surface area contributed by atoms with E-state index in [0.29, 0.717) is 30.0 Å². The first-order chi connectivity index (χ1) is 14.5. The number of carbonyl (C=O) groups excluding carboxylic acids is 2. The lowest BCUT2D eigenvalue weighted by Crippen LogP contribution is -2.41. The lowest BCUT2D eigenvalue weighted by molar-refractivity contribution is -0.384. The van der Waals surface area contributed by atoms with Crippen molar-refractivity contribution < 1.29 is 19.2 Å². The van der Waals surface area contributed by atoms with Crippen LogP contribution in [0.25, 0.3) is 6.08 Å². The number of nitro groups is 1. The van der Waals surface area contributed by atoms with Crippen molar-refractivity contribution in [2.45, 2.75) is 19.3 Å². The topological polar surface area (TPSA) is 102 Å². The molecule has 0 aliphatic carbocycles. The van der Waals surface area contributed by atoms with E-state index in [0.717, 1.165) is 19.3 Å². The summed E-state index contributed by atoms with van der Waals surface area (Å²) in [6.07, 6.45) is 4.46. The molecule has 0 spiro atoms. The van der Waals surface area contributed by atoms with Crippen LogP contribution in [0.2, 0.25) is 0 Å². The van der Waals surface area contributed by atoms with Gasteiger partial charge in [-0.15, -0.1) is 0 Å². The third kappa shape index (κ3) is 5.22. The molecular weight excluding hydrogens is 386 g/mol. The standard InChI is InChI=1S/C22H23N3O5/c1-30-19-11-7-17(8-12-19)21(26)23-20(22(27)24-13-3-2-4-14-24)15-16-5-9-18(10-6-16)25(28)29/h5-12,15H,2-4,13-14H2,1H3,(H,23,26)/b20-15+. The summed E-state index contributed by atoms with van der Waals surface area (Å²) in [5, 5.41) is 13.6. The van der Waals surface area contributed by atoms with Crippen molar-refractivity contribution in [1.82, 2.24) is 10.2 Å². The number of nitrogens with zero attached hydrogens (tertiary/aromatic N) is 2. The van der Waals surface area contributed by atoms with Gasteiger partial charge in [0.15, 0.2) is 0 Å². The molecular formula is C22H23N3O5. The SMILES string of the molecule is COc1ccc(C(=O)N/C(=C/c2ccc([N+](=O)[O-])cc2)C(=O)N2CCCCC2)cc1. The molecule has 0 atom stereocenters. The molecule has 1 saturated heterocycles. The minimum absolute atomic E-state index is 0.0432. The Hall–Kier alpha value is -3.68. The van der Waals surface area contributed by atoms with Crippen LogP contribution in [0, 0.1) is 10.1 Å². The third-order valence-corrected chi connectivity index (χ3v) is 4.89. The van der Waals surface area contributed by atoms with Crippen LogP contribution in [-0.2, 0) is 4.79 Å². The molecule has 3 rings (SSSR count). The van der Waals surface area contributed by atoms with E-state index in [-0.39, 0.29) is 17.3 Å². The van der Waals surface area contributed by atoms with Gasteiger partial charge in [-0.2, -0.15) is 0 Å². The molecule has 2 amide bonds. The number of hydrogen-bond acceptors (Lipinski definition) is 5. The zero-order valence-electron chi connectivity index (χ0n) is 16.7. The quantitative estimate of drug-likeness (QED) is 0.448. The highest BCUT2D eigenvalue weighted by molar-refractivity contribution is 6.05. The number of ether oxygens (including phenoxy) is 1. The first kappa shape index (κ1) is 21.0. The van der Waals surface area contributed by atoms with Crippen LogP contribution in [0.4, 0.5) is 5.69 Å². The summed E-state index contributed by atoms with van der Waals surface area (Å²) >= 11 is 0. The number of nitrogens with one attached hydrogen (secondary N) is 1. The number of likely N-dealkylation sites (tertiary alicyclic amines) is 1. The summed E-state index contributed by atoms with van der Waals surface area (Å²) in [5.74, 6) is -0.0660. The van der Waals surface area contributed by atoms with Crippen LogP contribution in [0.5, 0.6) is 5.75 Å². The van der Waals surface area contributed by atoms with Gasteiger partial charge < -0.3 is 15.0 Å². The number of methoxy groups -OCH3 is 1. The highest BCUT2D eigenvalue weighted by Gasteiger charge is 2.22. The second kappa shape index (κ2) is 9.69. The summed E-state index contributed by atoms with van der Waals surface area (Å²) < 4.78 is 5.10. The van der Waals surface area contributed by atoms with Crippen LogP contribution in [0.15, 0.2) is 54.2 Å². The summed E-state index contributed by atoms with van der Waals surface area (Å²) in [5.41, 5.74) is 1.05. The molecule has 2 aromatic carbocycles. The third-order valence-electron chi connectivity index (χ3n) is 4.89. The van der Waals surface area contributed by atoms with Crippen molar-refractivity contribution in [3.63, 3.8) is 0 Å². The maximum atomic E-state index is 13.1. The molecule has 1 aliphatic rings. The van der Waals surface area contributed by atoms with Gasteiger partial charge in [0.05, 0.1) is 12.0 Å². The Labute approximate surface area is 174 Å². The summed E-state index contributed by atoms with van der Waals surface area (Å²) in [6, 6.07) is 12.4. The largest absolute Gasteiger partial charge is 0.497 e. The number of hydrogen-bond donors (Lipinski definition) is 1. The van der Waals surface area contributed by atoms with Gasteiger partial charge in [-0.25, -0.2) is 0 Å². The van der Waals surface area contributed by atoms with Gasteiger partial charge in [0, 0.05) is 30.8 Å². The number of amides is 2. The highest BCUT2D eigenvalue weighted by Crippen LogP contribution is 2.17. The Balaban J connectivity index is 1.86. The number of carbonyl (C=O) groups is 2. The molecule has 0 aromatic heterocycles. The molecule has 0 saturated carbocycles. The van der Waals surface area contributed by atoms with Crippen LogP contribution in [0.3, 0.4) is 0 Å². The number of non-ortho nitro benzene ring substituents is 1. The summed E-state index contributed by atoms with van der Waals surface area (Å²) in [6.45, 7) is 1.27. The average molecular weight is 409 g/mol. The Bertz CT molecular complexity index is 946. The fourth-order valence-corrected chi connectivity index (χ4v) is 3.21. The van der Waals surface area contributed by atoms with Crippen LogP contribution in [-0.4, -0.2) is 41.8 Å². The van der Waals surface area contributed by atoms with E-state index in [1.165, 1.54) is 19.2 Å². The maximum Gasteiger partial charge on any atom is 0.270 e. The first-order valence-corrected chi connectivity index (χ1v) is 9.69. The molecule has 1 N–H and O–H groups in total. The lowest BCUT2D eigenvalue weighted by Gasteiger charge is -2.27. The predicted octanol–water partition coefficient (Wildman–Crippen LogP) is 3.39. The number of rotatable bonds is 6. The molecule has 2 aromatic rings. The molecule has 0 unspecified atom stereocenters. The van der Waals surface area contributed by atoms with E-state index >= 15 is 0 Å². The van der Waals surface area contributed by atoms with E-state index < -0.39 is 10.8 Å². The normalized spacial score (nSPS) is 14.2. The van der Waals surface area contributed by atoms with E-state index in [2.05, 4.69) is 5.32 Å². The van der Waals surface area contributed by atoms with Crippen molar-refractivity contribution in [1.29, 1.82) is 0 Å². The lowest BCUT2D eigenvalue weighted by atomic mass is 10.1. The van der Waals surface area contributed by atoms with E-state index in [1.54, 1.807) is 47.4 Å². The van der Waals surface area contributed by atoms with Gasteiger partial charge in [0.1, 0.15) is 11.4 Å². The second-order valence-corrected chi connectivity index (χ2v) is 6.94. The van der Waals surface area contributed by atoms with Gasteiger partial charge in [-0.3, -0.25) is 19.7 Å². The number of nitro benzene ring substituents is 1. The van der Waals surface area contributed by atoms with Gasteiger partial charge in [0.25, 0.3) is 17.5 Å². The van der Waals surface area contributed by atoms with Crippen molar-refractivity contribution in [3.8, 4) is 5.75 Å². The molecule has 8 heteroatoms. The molecule has 1 aliphatic heterocycles. The van der Waals surface area contributed by atoms with Gasteiger partial charge in [-0.1, -0.05) is 0 Å². The van der Waals surface area contributed by atoms with Crippen molar-refractivity contribution in [3.05, 3.63) is 75.5 Å². The Morgan fingerprint density at radius 2 is 1.67 bits per heavy atom. The van der Waals surface area contributed by atoms with Crippen LogP contribution < -0.4 is 10.1 Å². The zero-order valence-corrected chi connectivity index (χ0v) is 16.7. The minimum Gasteiger partial charge on any atom is -0.497 e. The van der Waals surface area contributed by atoms with Crippen LogP contribution >= 0.6 is 0 Å². The van der Waals surface area contributed by atoms with E-state index in [4.69, 9.17) is 4.74 Å². The Morgan fingerprint density at radius 3 is 2.23 bits per heavy atom. The monoisotopic (exact) mass is 409 g/mol. The fraction of sp³-hybridized carbons (Fsp3) is 0.273. The second-order valence-electron chi connectivity index (χ2n) is 6.94. The Kier molecular flexibility index (Phi) is 6.79. The van der Waals surface area contributed by atoms with Gasteiger partial charge >= 0.3 is 0 Å². The molecule has 30 heavy (non-hydrogen) atoms. The molecule has 1 fully saturated rings. The smallest absolute Gasteiger partial charge is 0.270 e. The minimum atomic E-state index is -0.487. The van der Waals surface area contributed by atoms with Crippen LogP contribution in [0.1, 0.15) is 35.2 Å². The van der Waals surface area contributed by atoms with E-state index in [9.17, 15) is 19.7 Å². The van der Waals surface area contributed by atoms with Gasteiger partial charge in [-0.05, 0) is 67.3 Å². The molecule has 1 heterocycles. The highest BCUT2D eigenvalue weighted by atomic mass is 16.6. The zero-order chi connectivity index (χ0) is 21.5. The maximum absolute atomic E-state index is 13.1. The van der Waals surface area contributed by atoms with Crippen molar-refractivity contribution >= 4 is 23.6 Å². The van der Waals surface area contributed by atoms with Crippen molar-refractivity contribution in [2.75, 3.05) is 20.2 Å². The van der Waals surface area contributed by atoms with Crippen molar-refractivity contribution in [2.24, 2.45) is 0 Å². The van der Waals surface area contributed by atoms with E-state index in [1.807, 2.05) is 0 Å². The summed E-state index contributed by atoms with van der Waals surface area (Å²) in [7, 11) is 1.54. The molecule has 8 nitrogen and oxygen atoms in total. The molecule has 156 valence electrons. The molecule has 0 radical (unpaired) electrons. The average Bonchev–Trinajstić information content (AvgIpc) is 2.79. The Morgan fingerprint density at radius 1 is 1.03 bits per heavy atom. The number of piperidine rings is 1. The summed E-state index contributed by atoms with van der Waals surface area (Å²) in [4.78, 5) is 37.9. The first-order valence-electron chi connectivity index (χ1n) is 9.69. The fourth-order valence-electron chi connectivity index (χ4n) is 3.21. The predicted molar refractivity (Wildman–Crippen MR) is 112 cm³/mol. The number of benzene rings is 2.